The molecule has 10 nitrogen and oxygen atoms in total. The first-order valence-corrected chi connectivity index (χ1v) is 13.2. The van der Waals surface area contributed by atoms with E-state index >= 15 is 0 Å². The monoisotopic (exact) mass is 525 g/mol. The molecule has 0 aliphatic heterocycles. The number of ether oxygens (including phenoxy) is 1. The Morgan fingerprint density at radius 2 is 1.68 bits per heavy atom. The van der Waals surface area contributed by atoms with Crippen molar-refractivity contribution in [3.05, 3.63) is 29.3 Å². The maximum absolute atomic E-state index is 13.9. The summed E-state index contributed by atoms with van der Waals surface area (Å²) in [5.41, 5.74) is 2.69. The Balaban J connectivity index is 1.64. The Labute approximate surface area is 218 Å². The Morgan fingerprint density at radius 3 is 2.32 bits per heavy atom. The van der Waals surface area contributed by atoms with Crippen molar-refractivity contribution in [2.24, 2.45) is 35.3 Å². The number of phenols is 1. The zero-order valence-corrected chi connectivity index (χ0v) is 21.1. The summed E-state index contributed by atoms with van der Waals surface area (Å²) in [6.45, 7) is 1.71. The van der Waals surface area contributed by atoms with Crippen LogP contribution in [0.25, 0.3) is 0 Å². The van der Waals surface area contributed by atoms with Gasteiger partial charge in [0.05, 0.1) is 17.4 Å². The quantitative estimate of drug-likeness (QED) is 0.299. The molecule has 4 aliphatic carbocycles. The fourth-order valence-electron chi connectivity index (χ4n) is 7.19. The minimum absolute atomic E-state index is 0.101. The highest BCUT2D eigenvalue weighted by atomic mass is 16.5. The lowest BCUT2D eigenvalue weighted by Gasteiger charge is -2.53. The summed E-state index contributed by atoms with van der Waals surface area (Å²) in [5, 5.41) is 22.2. The van der Waals surface area contributed by atoms with Gasteiger partial charge in [-0.15, -0.1) is 0 Å². The smallest absolute Gasteiger partial charge is 0.309 e. The van der Waals surface area contributed by atoms with Crippen LogP contribution in [0.2, 0.25) is 0 Å². The summed E-state index contributed by atoms with van der Waals surface area (Å²) in [7, 11) is 0. The number of carbonyl (C=O) groups excluding carboxylic acids is 6. The van der Waals surface area contributed by atoms with Crippen LogP contribution in [0.4, 0.5) is 0 Å². The second-order valence-corrected chi connectivity index (χ2v) is 11.1. The Hall–Kier alpha value is -3.40. The summed E-state index contributed by atoms with van der Waals surface area (Å²) in [6.07, 6.45) is 2.90. The number of esters is 1. The molecule has 0 radical (unpaired) electrons. The normalized spacial score (nSPS) is 35.5. The molecule has 10 heteroatoms. The number of hydrogen-bond donors (Lipinski definition) is 3. The minimum Gasteiger partial charge on any atom is -0.507 e. The van der Waals surface area contributed by atoms with Gasteiger partial charge in [0.15, 0.2) is 34.7 Å². The van der Waals surface area contributed by atoms with Crippen molar-refractivity contribution in [3.8, 4) is 5.75 Å². The van der Waals surface area contributed by atoms with E-state index in [2.05, 4.69) is 0 Å². The molecule has 0 bridgehead atoms. The molecule has 0 heterocycles. The van der Waals surface area contributed by atoms with Crippen LogP contribution < -0.4 is 5.73 Å². The molecule has 0 aromatic heterocycles. The van der Waals surface area contributed by atoms with Crippen molar-refractivity contribution in [2.45, 2.75) is 69.5 Å². The predicted octanol–water partition coefficient (Wildman–Crippen LogP) is 1.38. The molecule has 1 aromatic rings. The van der Waals surface area contributed by atoms with Crippen LogP contribution in [-0.4, -0.2) is 56.9 Å². The van der Waals surface area contributed by atoms with Gasteiger partial charge in [0.25, 0.3) is 0 Å². The first-order chi connectivity index (χ1) is 18.0. The number of ketones is 4. The van der Waals surface area contributed by atoms with Gasteiger partial charge in [-0.05, 0) is 30.4 Å². The van der Waals surface area contributed by atoms with Crippen LogP contribution in [0, 0.1) is 29.6 Å². The van der Waals surface area contributed by atoms with E-state index in [4.69, 9.17) is 10.5 Å². The molecule has 7 atom stereocenters. The highest BCUT2D eigenvalue weighted by Crippen LogP contribution is 2.55. The molecular weight excluding hydrogens is 494 g/mol. The third-order valence-corrected chi connectivity index (χ3v) is 9.13. The Kier molecular flexibility index (Phi) is 6.49. The van der Waals surface area contributed by atoms with Crippen LogP contribution >= 0.6 is 0 Å². The molecule has 0 saturated heterocycles. The van der Waals surface area contributed by atoms with E-state index in [0.29, 0.717) is 18.4 Å². The molecule has 1 aromatic carbocycles. The van der Waals surface area contributed by atoms with Gasteiger partial charge in [0.2, 0.25) is 5.91 Å². The van der Waals surface area contributed by atoms with Crippen molar-refractivity contribution < 1.29 is 43.7 Å². The van der Waals surface area contributed by atoms with Gasteiger partial charge < -0.3 is 20.7 Å². The number of rotatable bonds is 3. The number of hydrogen-bond acceptors (Lipinski definition) is 9. The Morgan fingerprint density at radius 1 is 1.03 bits per heavy atom. The highest BCUT2D eigenvalue weighted by molar-refractivity contribution is 6.31. The first kappa shape index (κ1) is 26.2. The number of benzene rings is 1. The molecule has 1 amide bonds. The second kappa shape index (κ2) is 9.41. The molecule has 38 heavy (non-hydrogen) atoms. The number of Topliss-reactive ketones (excluding diaryl/α,β-unsaturated/α-hetero) is 4. The zero-order valence-electron chi connectivity index (χ0n) is 21.1. The van der Waals surface area contributed by atoms with Crippen LogP contribution in [-0.2, 0) is 28.7 Å². The molecular formula is C28H31NO9. The number of carbonyl (C=O) groups is 6. The van der Waals surface area contributed by atoms with Crippen LogP contribution in [0.5, 0.6) is 5.75 Å². The van der Waals surface area contributed by atoms with E-state index in [0.717, 1.165) is 25.7 Å². The summed E-state index contributed by atoms with van der Waals surface area (Å²) in [5.74, 6) is -13.7. The number of phenolic OH excluding ortho intramolecular Hbond substituents is 1. The predicted molar refractivity (Wildman–Crippen MR) is 130 cm³/mol. The molecule has 202 valence electrons. The average Bonchev–Trinajstić information content (AvgIpc) is 3.15. The SMILES string of the molecule is C[C@H]1c2cccc(O)c2C(=O)C2C(=O)[C@]3(O)C(=O)C(C(N)=O)C(=O)C[C@@H]3[C@@H](OC(=O)C3CCCCCC3)[C@@H]21. The van der Waals surface area contributed by atoms with Crippen molar-refractivity contribution in [2.75, 3.05) is 0 Å². The fraction of sp³-hybridized carbons (Fsp3) is 0.571. The molecule has 5 rings (SSSR count). The van der Waals surface area contributed by atoms with Crippen LogP contribution in [0.15, 0.2) is 18.2 Å². The summed E-state index contributed by atoms with van der Waals surface area (Å²) >= 11 is 0. The van der Waals surface area contributed by atoms with E-state index in [1.807, 2.05) is 0 Å². The largest absolute Gasteiger partial charge is 0.507 e. The van der Waals surface area contributed by atoms with Gasteiger partial charge in [-0.3, -0.25) is 28.8 Å². The molecule has 3 fully saturated rings. The van der Waals surface area contributed by atoms with E-state index in [-0.39, 0.29) is 11.3 Å². The third kappa shape index (κ3) is 3.72. The maximum Gasteiger partial charge on any atom is 0.309 e. The van der Waals surface area contributed by atoms with Crippen molar-refractivity contribution in [1.82, 2.24) is 0 Å². The van der Waals surface area contributed by atoms with E-state index in [1.54, 1.807) is 19.1 Å². The Bertz CT molecular complexity index is 1250. The summed E-state index contributed by atoms with van der Waals surface area (Å²) in [4.78, 5) is 79.3. The maximum atomic E-state index is 13.9. The van der Waals surface area contributed by atoms with E-state index in [9.17, 15) is 39.0 Å². The molecule has 0 spiro atoms. The number of fused-ring (bicyclic) bond motifs is 3. The number of primary amides is 1. The van der Waals surface area contributed by atoms with E-state index < -0.39 is 88.6 Å². The van der Waals surface area contributed by atoms with Crippen molar-refractivity contribution in [3.63, 3.8) is 0 Å². The topological polar surface area (TPSA) is 178 Å². The lowest BCUT2D eigenvalue weighted by molar-refractivity contribution is -0.200. The molecule has 2 unspecified atom stereocenters. The molecule has 4 N–H and O–H groups in total. The fourth-order valence-corrected chi connectivity index (χ4v) is 7.19. The lowest BCUT2D eigenvalue weighted by atomic mass is 9.50. The minimum atomic E-state index is -2.93. The second-order valence-electron chi connectivity index (χ2n) is 11.1. The van der Waals surface area contributed by atoms with E-state index in [1.165, 1.54) is 6.07 Å². The molecule has 4 aliphatic rings. The zero-order chi connectivity index (χ0) is 27.5. The third-order valence-electron chi connectivity index (χ3n) is 9.13. The summed E-state index contributed by atoms with van der Waals surface area (Å²) in [6, 6.07) is 4.48. The highest BCUT2D eigenvalue weighted by Gasteiger charge is 2.71. The number of aromatic hydroxyl groups is 1. The average molecular weight is 526 g/mol. The van der Waals surface area contributed by atoms with Gasteiger partial charge in [-0.25, -0.2) is 0 Å². The van der Waals surface area contributed by atoms with Gasteiger partial charge in [-0.2, -0.15) is 0 Å². The van der Waals surface area contributed by atoms with Crippen molar-refractivity contribution >= 4 is 35.0 Å². The van der Waals surface area contributed by atoms with Crippen LogP contribution in [0.1, 0.15) is 73.7 Å². The van der Waals surface area contributed by atoms with Gasteiger partial charge in [-0.1, -0.05) is 44.7 Å². The van der Waals surface area contributed by atoms with Gasteiger partial charge in [0, 0.05) is 18.3 Å². The standard InChI is InChI=1S/C28H31NO9/c1-12-14-9-6-10-16(30)19(14)22(32)21-18(12)23(38-27(36)13-7-4-2-3-5-8-13)15-11-17(31)20(26(29)35)24(33)28(15,37)25(21)34/h6,9-10,12-13,15,18,20-21,23,30,37H,2-5,7-8,11H2,1H3,(H2,29,35)/t12-,15+,18+,20?,21?,23+,28+/m0/s1. The van der Waals surface area contributed by atoms with Gasteiger partial charge >= 0.3 is 5.97 Å². The number of amides is 1. The lowest BCUT2D eigenvalue weighted by Crippen LogP contribution is -2.73. The van der Waals surface area contributed by atoms with Gasteiger partial charge in [0.1, 0.15) is 11.9 Å². The van der Waals surface area contributed by atoms with Crippen LogP contribution in [0.3, 0.4) is 0 Å². The number of nitrogens with two attached hydrogens (primary N) is 1. The molecule has 3 saturated carbocycles. The summed E-state index contributed by atoms with van der Waals surface area (Å²) < 4.78 is 6.01. The first-order valence-electron chi connectivity index (χ1n) is 13.2. The number of aliphatic hydroxyl groups is 1. The van der Waals surface area contributed by atoms with Crippen molar-refractivity contribution in [1.29, 1.82) is 0 Å².